The Hall–Kier alpha value is -2.64. The molecule has 38 heavy (non-hydrogen) atoms. The van der Waals surface area contributed by atoms with Crippen LogP contribution in [0.3, 0.4) is 0 Å². The highest BCUT2D eigenvalue weighted by Crippen LogP contribution is 2.39. The van der Waals surface area contributed by atoms with Gasteiger partial charge in [-0.25, -0.2) is 23.0 Å². The van der Waals surface area contributed by atoms with Crippen LogP contribution in [0.15, 0.2) is 41.6 Å². The Morgan fingerprint density at radius 3 is 2.63 bits per heavy atom. The van der Waals surface area contributed by atoms with Crippen molar-refractivity contribution >= 4 is 39.3 Å². The average Bonchev–Trinajstić information content (AvgIpc) is 2.88. The topological polar surface area (TPSA) is 88.2 Å². The smallest absolute Gasteiger partial charge is 0.330 e. The van der Waals surface area contributed by atoms with Gasteiger partial charge in [0, 0.05) is 36.8 Å². The number of aromatic nitrogens is 2. The number of rotatable bonds is 12. The minimum Gasteiger partial charge on any atom is -0.460 e. The van der Waals surface area contributed by atoms with Crippen LogP contribution in [0.2, 0.25) is 0 Å². The monoisotopic (exact) mass is 573 g/mol. The molecule has 1 aliphatic rings. The zero-order valence-electron chi connectivity index (χ0n) is 21.3. The maximum absolute atomic E-state index is 14.6. The van der Waals surface area contributed by atoms with Gasteiger partial charge in [-0.15, -0.1) is 0 Å². The van der Waals surface area contributed by atoms with E-state index in [0.717, 1.165) is 43.0 Å². The first-order valence-electron chi connectivity index (χ1n) is 12.1. The number of anilines is 2. The lowest BCUT2D eigenvalue weighted by Gasteiger charge is -2.24. The van der Waals surface area contributed by atoms with Crippen LogP contribution in [-0.2, 0) is 11.0 Å². The summed E-state index contributed by atoms with van der Waals surface area (Å²) in [6.45, 7) is 11.4. The fourth-order valence-electron chi connectivity index (χ4n) is 3.65. The van der Waals surface area contributed by atoms with Crippen molar-refractivity contribution in [1.29, 1.82) is 0 Å². The first-order chi connectivity index (χ1) is 18.1. The molecule has 13 heteroatoms. The van der Waals surface area contributed by atoms with Crippen LogP contribution in [0.25, 0.3) is 4.91 Å². The minimum atomic E-state index is -3.31. The van der Waals surface area contributed by atoms with Crippen LogP contribution < -0.4 is 20.1 Å². The van der Waals surface area contributed by atoms with Gasteiger partial charge in [0.1, 0.15) is 17.2 Å². The molecule has 2 aromatic rings. The number of nitrogens with one attached hydrogen (secondary N) is 3. The second kappa shape index (κ2) is 13.9. The summed E-state index contributed by atoms with van der Waals surface area (Å²) in [5, 5.41) is 6.67. The Kier molecular flexibility index (Phi) is 11.0. The summed E-state index contributed by atoms with van der Waals surface area (Å²) in [6.07, 6.45) is 4.28. The van der Waals surface area contributed by atoms with Gasteiger partial charge in [0.15, 0.2) is 22.6 Å². The van der Waals surface area contributed by atoms with Gasteiger partial charge >= 0.3 is 5.76 Å². The number of allylic oxidation sites excluding steroid dienone is 2. The highest BCUT2D eigenvalue weighted by molar-refractivity contribution is 8.11. The molecular formula is C25H31F4N5O2S2. The van der Waals surface area contributed by atoms with Gasteiger partial charge in [-0.1, -0.05) is 32.2 Å². The third-order valence-corrected chi connectivity index (χ3v) is 7.38. The molecule has 0 amide bonds. The number of ether oxygens (including phenoxy) is 1. The molecule has 3 unspecified atom stereocenters. The number of benzene rings is 1. The number of thioether (sulfide) groups is 1. The zero-order chi connectivity index (χ0) is 27.8. The quantitative estimate of drug-likeness (QED) is 0.204. The second-order valence-corrected chi connectivity index (χ2v) is 11.2. The Balaban J connectivity index is 2.00. The molecule has 1 fully saturated rings. The fraction of sp³-hybridized carbons (Fsp3) is 0.440. The van der Waals surface area contributed by atoms with Crippen LogP contribution >= 0.6 is 11.8 Å². The Morgan fingerprint density at radius 1 is 1.34 bits per heavy atom. The molecule has 0 spiro atoms. The normalized spacial score (nSPS) is 17.9. The van der Waals surface area contributed by atoms with E-state index in [0.29, 0.717) is 28.7 Å². The molecule has 3 rings (SSSR count). The molecule has 7 nitrogen and oxygen atoms in total. The van der Waals surface area contributed by atoms with Crippen LogP contribution in [-0.4, -0.2) is 39.1 Å². The molecule has 1 aromatic heterocycles. The maximum atomic E-state index is 14.6. The highest BCUT2D eigenvalue weighted by atomic mass is 32.2. The van der Waals surface area contributed by atoms with Crippen molar-refractivity contribution < 1.29 is 26.5 Å². The fourth-order valence-corrected chi connectivity index (χ4v) is 5.05. The summed E-state index contributed by atoms with van der Waals surface area (Å²) in [6, 6.07) is 3.60. The summed E-state index contributed by atoms with van der Waals surface area (Å²) in [5.74, 6) is -5.29. The van der Waals surface area contributed by atoms with Crippen molar-refractivity contribution in [2.24, 2.45) is 5.92 Å². The summed E-state index contributed by atoms with van der Waals surface area (Å²) in [7, 11) is -2.96. The van der Waals surface area contributed by atoms with E-state index in [4.69, 9.17) is 4.74 Å². The van der Waals surface area contributed by atoms with Gasteiger partial charge in [-0.05, 0) is 43.7 Å². The lowest BCUT2D eigenvalue weighted by molar-refractivity contribution is 0.244. The van der Waals surface area contributed by atoms with Crippen LogP contribution in [0.4, 0.5) is 29.2 Å². The molecular weight excluding hydrogens is 542 g/mol. The SMILES string of the molecule is C=C(C)S/C(=C(/Oc1cc(F)c(NS(=O)C(F)F)c(F)c1)C(C)CC)c1ccnc(NC2CCCNC2)n1. The molecule has 0 aliphatic carbocycles. The summed E-state index contributed by atoms with van der Waals surface area (Å²) >= 11 is 1.31. The predicted molar refractivity (Wildman–Crippen MR) is 145 cm³/mol. The van der Waals surface area contributed by atoms with E-state index in [9.17, 15) is 21.8 Å². The molecule has 208 valence electrons. The van der Waals surface area contributed by atoms with Gasteiger partial charge in [0.25, 0.3) is 0 Å². The van der Waals surface area contributed by atoms with Crippen molar-refractivity contribution in [3.05, 3.63) is 59.0 Å². The van der Waals surface area contributed by atoms with Crippen LogP contribution in [0.1, 0.15) is 45.7 Å². The molecule has 2 heterocycles. The molecule has 3 atom stereocenters. The minimum absolute atomic E-state index is 0.183. The third kappa shape index (κ3) is 8.18. The third-order valence-electron chi connectivity index (χ3n) is 5.69. The number of halogens is 4. The molecule has 0 radical (unpaired) electrons. The molecule has 0 saturated carbocycles. The Morgan fingerprint density at radius 2 is 2.05 bits per heavy atom. The lowest BCUT2D eigenvalue weighted by Crippen LogP contribution is -2.38. The van der Waals surface area contributed by atoms with Gasteiger partial charge in [0.05, 0.1) is 10.6 Å². The van der Waals surface area contributed by atoms with E-state index < -0.39 is 34.1 Å². The standard InChI is InChI=1S/C25H31F4N5O2S2/c1-5-15(4)22(36-17-11-18(26)21(19(27)12-17)34-38(35)24(28)29)23(37-14(2)3)20-8-10-31-25(33-20)32-16-7-6-9-30-13-16/h8,10-12,15-16,24,30,34H,2,5-7,9,13H2,1,3-4H3,(H,31,32,33)/b23-22+. The van der Waals surface area contributed by atoms with E-state index >= 15 is 0 Å². The van der Waals surface area contributed by atoms with Crippen molar-refractivity contribution in [2.75, 3.05) is 23.1 Å². The van der Waals surface area contributed by atoms with Gasteiger partial charge in [-0.2, -0.15) is 8.78 Å². The molecule has 1 aromatic carbocycles. The van der Waals surface area contributed by atoms with Gasteiger partial charge in [0.2, 0.25) is 5.95 Å². The van der Waals surface area contributed by atoms with Crippen LogP contribution in [0, 0.1) is 17.6 Å². The first-order valence-corrected chi connectivity index (χ1v) is 14.1. The number of hydrogen-bond donors (Lipinski definition) is 3. The number of alkyl halides is 2. The summed E-state index contributed by atoms with van der Waals surface area (Å²) in [4.78, 5) is 10.4. The number of piperidine rings is 1. The van der Waals surface area contributed by atoms with E-state index in [2.05, 4.69) is 27.2 Å². The number of nitrogens with zero attached hydrogens (tertiary/aromatic N) is 2. The first kappa shape index (κ1) is 29.9. The van der Waals surface area contributed by atoms with E-state index in [1.54, 1.807) is 17.0 Å². The largest absolute Gasteiger partial charge is 0.460 e. The van der Waals surface area contributed by atoms with E-state index in [-0.39, 0.29) is 17.7 Å². The predicted octanol–water partition coefficient (Wildman–Crippen LogP) is 6.28. The van der Waals surface area contributed by atoms with Gasteiger partial charge in [-0.3, -0.25) is 4.72 Å². The van der Waals surface area contributed by atoms with E-state index in [1.165, 1.54) is 11.8 Å². The second-order valence-electron chi connectivity index (χ2n) is 8.78. The van der Waals surface area contributed by atoms with Crippen molar-refractivity contribution in [3.63, 3.8) is 0 Å². The molecule has 3 N–H and O–H groups in total. The van der Waals surface area contributed by atoms with Crippen molar-refractivity contribution in [1.82, 2.24) is 15.3 Å². The average molecular weight is 574 g/mol. The van der Waals surface area contributed by atoms with E-state index in [1.807, 2.05) is 20.8 Å². The maximum Gasteiger partial charge on any atom is 0.330 e. The molecule has 0 bridgehead atoms. The van der Waals surface area contributed by atoms with Crippen molar-refractivity contribution in [2.45, 2.75) is 51.8 Å². The Bertz CT molecular complexity index is 1170. The summed E-state index contributed by atoms with van der Waals surface area (Å²) < 4.78 is 73.6. The van der Waals surface area contributed by atoms with Crippen molar-refractivity contribution in [3.8, 4) is 5.75 Å². The Labute approximate surface area is 226 Å². The number of hydrogen-bond acceptors (Lipinski definition) is 7. The highest BCUT2D eigenvalue weighted by Gasteiger charge is 2.24. The van der Waals surface area contributed by atoms with Crippen LogP contribution in [0.5, 0.6) is 5.75 Å². The lowest BCUT2D eigenvalue weighted by atomic mass is 10.1. The van der Waals surface area contributed by atoms with Gasteiger partial charge < -0.3 is 15.4 Å². The molecule has 1 aliphatic heterocycles. The zero-order valence-corrected chi connectivity index (χ0v) is 23.0. The summed E-state index contributed by atoms with van der Waals surface area (Å²) in [5.41, 5.74) is -0.383. The molecule has 1 saturated heterocycles.